The molecule has 2 unspecified atom stereocenters. The number of rotatable bonds is 1. The molecule has 1 aromatic rings. The van der Waals surface area contributed by atoms with E-state index in [1.807, 2.05) is 37.3 Å². The first-order chi connectivity index (χ1) is 7.18. The Balaban J connectivity index is 2.13. The van der Waals surface area contributed by atoms with Gasteiger partial charge in [-0.05, 0) is 12.5 Å². The van der Waals surface area contributed by atoms with Crippen molar-refractivity contribution in [2.24, 2.45) is 0 Å². The molecule has 1 aliphatic rings. The highest BCUT2D eigenvalue weighted by atomic mass is 16.7. The smallest absolute Gasteiger partial charge is 0.243 e. The molecule has 0 spiro atoms. The van der Waals surface area contributed by atoms with E-state index in [0.29, 0.717) is 0 Å². The van der Waals surface area contributed by atoms with Gasteiger partial charge in [0.2, 0.25) is 5.91 Å². The molecule has 3 nitrogen and oxygen atoms in total. The van der Waals surface area contributed by atoms with Crippen LogP contribution in [-0.4, -0.2) is 17.0 Å². The number of benzene rings is 1. The SMILES string of the molecule is CC(=O)N1OC(c2ccccc2)CC1C. The summed E-state index contributed by atoms with van der Waals surface area (Å²) in [6.07, 6.45) is 0.883. The van der Waals surface area contributed by atoms with Crippen molar-refractivity contribution in [2.45, 2.75) is 32.4 Å². The third kappa shape index (κ3) is 2.02. The lowest BCUT2D eigenvalue weighted by Crippen LogP contribution is -2.30. The van der Waals surface area contributed by atoms with Gasteiger partial charge >= 0.3 is 0 Å². The van der Waals surface area contributed by atoms with E-state index in [2.05, 4.69) is 0 Å². The molecule has 2 rings (SSSR count). The first kappa shape index (κ1) is 10.2. The molecule has 15 heavy (non-hydrogen) atoms. The lowest BCUT2D eigenvalue weighted by atomic mass is 10.0. The van der Waals surface area contributed by atoms with Gasteiger partial charge in [-0.1, -0.05) is 30.3 Å². The van der Waals surface area contributed by atoms with Crippen molar-refractivity contribution in [1.29, 1.82) is 0 Å². The van der Waals surface area contributed by atoms with Crippen LogP contribution in [0.5, 0.6) is 0 Å². The predicted molar refractivity (Wildman–Crippen MR) is 56.9 cm³/mol. The number of amides is 1. The molecule has 0 saturated carbocycles. The maximum Gasteiger partial charge on any atom is 0.243 e. The molecule has 0 aliphatic carbocycles. The number of carbonyl (C=O) groups is 1. The van der Waals surface area contributed by atoms with Crippen molar-refractivity contribution in [1.82, 2.24) is 5.06 Å². The Bertz CT molecular complexity index is 350. The Kier molecular flexibility index (Phi) is 2.73. The molecular weight excluding hydrogens is 190 g/mol. The first-order valence-corrected chi connectivity index (χ1v) is 5.20. The zero-order chi connectivity index (χ0) is 10.8. The van der Waals surface area contributed by atoms with Crippen LogP contribution in [0.1, 0.15) is 31.9 Å². The number of hydrogen-bond donors (Lipinski definition) is 0. The van der Waals surface area contributed by atoms with Crippen LogP contribution < -0.4 is 0 Å². The normalized spacial score (nSPS) is 25.6. The van der Waals surface area contributed by atoms with Crippen molar-refractivity contribution in [3.8, 4) is 0 Å². The molecule has 1 saturated heterocycles. The van der Waals surface area contributed by atoms with Gasteiger partial charge in [0.1, 0.15) is 6.10 Å². The first-order valence-electron chi connectivity index (χ1n) is 5.20. The molecule has 1 aromatic carbocycles. The van der Waals surface area contributed by atoms with Gasteiger partial charge < -0.3 is 0 Å². The standard InChI is InChI=1S/C12H15NO2/c1-9-8-12(15-13(9)10(2)14)11-6-4-3-5-7-11/h3-7,9,12H,8H2,1-2H3. The molecule has 0 radical (unpaired) electrons. The third-order valence-corrected chi connectivity index (χ3v) is 2.68. The second-order valence-electron chi connectivity index (χ2n) is 3.93. The topological polar surface area (TPSA) is 29.5 Å². The van der Waals surface area contributed by atoms with E-state index in [0.717, 1.165) is 12.0 Å². The quantitative estimate of drug-likeness (QED) is 0.704. The molecule has 0 N–H and O–H groups in total. The average Bonchev–Trinajstić information content (AvgIpc) is 2.62. The minimum atomic E-state index is -0.0269. The lowest BCUT2D eigenvalue weighted by Gasteiger charge is -2.17. The van der Waals surface area contributed by atoms with Crippen molar-refractivity contribution in [3.05, 3.63) is 35.9 Å². The van der Waals surface area contributed by atoms with Crippen LogP contribution in [0, 0.1) is 0 Å². The van der Waals surface area contributed by atoms with Crippen LogP contribution in [0.15, 0.2) is 30.3 Å². The average molecular weight is 205 g/mol. The summed E-state index contributed by atoms with van der Waals surface area (Å²) in [6.45, 7) is 3.54. The third-order valence-electron chi connectivity index (χ3n) is 2.68. The fourth-order valence-electron chi connectivity index (χ4n) is 1.94. The molecular formula is C12H15NO2. The van der Waals surface area contributed by atoms with Crippen molar-refractivity contribution in [2.75, 3.05) is 0 Å². The van der Waals surface area contributed by atoms with Crippen molar-refractivity contribution >= 4 is 5.91 Å². The van der Waals surface area contributed by atoms with Gasteiger partial charge in [0, 0.05) is 13.3 Å². The zero-order valence-electron chi connectivity index (χ0n) is 9.01. The van der Waals surface area contributed by atoms with Crippen molar-refractivity contribution < 1.29 is 9.63 Å². The number of hydroxylamine groups is 2. The molecule has 1 heterocycles. The lowest BCUT2D eigenvalue weighted by molar-refractivity contribution is -0.185. The summed E-state index contributed by atoms with van der Waals surface area (Å²) in [4.78, 5) is 16.8. The minimum Gasteiger partial charge on any atom is -0.273 e. The number of carbonyl (C=O) groups excluding carboxylic acids is 1. The molecule has 0 aromatic heterocycles. The molecule has 0 bridgehead atoms. The fourth-order valence-corrected chi connectivity index (χ4v) is 1.94. The Morgan fingerprint density at radius 2 is 2.07 bits per heavy atom. The van der Waals surface area contributed by atoms with Gasteiger partial charge in [0.05, 0.1) is 6.04 Å². The van der Waals surface area contributed by atoms with Gasteiger partial charge in [-0.3, -0.25) is 9.63 Å². The summed E-state index contributed by atoms with van der Waals surface area (Å²) < 4.78 is 0. The van der Waals surface area contributed by atoms with Gasteiger partial charge in [-0.15, -0.1) is 0 Å². The van der Waals surface area contributed by atoms with E-state index in [1.165, 1.54) is 12.0 Å². The summed E-state index contributed by atoms with van der Waals surface area (Å²) in [6, 6.07) is 10.2. The van der Waals surface area contributed by atoms with Gasteiger partial charge in [0.15, 0.2) is 0 Å². The van der Waals surface area contributed by atoms with Crippen LogP contribution in [-0.2, 0) is 9.63 Å². The van der Waals surface area contributed by atoms with E-state index in [1.54, 1.807) is 0 Å². The van der Waals surface area contributed by atoms with Crippen LogP contribution in [0.25, 0.3) is 0 Å². The minimum absolute atomic E-state index is 0.0186. The summed E-state index contributed by atoms with van der Waals surface area (Å²) in [5.74, 6) is -0.0269. The number of nitrogens with zero attached hydrogens (tertiary/aromatic N) is 1. The summed E-state index contributed by atoms with van der Waals surface area (Å²) >= 11 is 0. The Morgan fingerprint density at radius 3 is 2.60 bits per heavy atom. The second kappa shape index (κ2) is 4.03. The summed E-state index contributed by atoms with van der Waals surface area (Å²) in [5, 5.41) is 1.47. The predicted octanol–water partition coefficient (Wildman–Crippen LogP) is 2.30. The highest BCUT2D eigenvalue weighted by molar-refractivity contribution is 5.72. The van der Waals surface area contributed by atoms with Crippen LogP contribution >= 0.6 is 0 Å². The van der Waals surface area contributed by atoms with Gasteiger partial charge in [0.25, 0.3) is 0 Å². The second-order valence-corrected chi connectivity index (χ2v) is 3.93. The Hall–Kier alpha value is -1.35. The molecule has 1 fully saturated rings. The maximum atomic E-state index is 11.2. The molecule has 3 heteroatoms. The van der Waals surface area contributed by atoms with E-state index in [9.17, 15) is 4.79 Å². The summed E-state index contributed by atoms with van der Waals surface area (Å²) in [5.41, 5.74) is 1.13. The number of hydrogen-bond acceptors (Lipinski definition) is 2. The Morgan fingerprint density at radius 1 is 1.40 bits per heavy atom. The van der Waals surface area contributed by atoms with Crippen LogP contribution in [0.4, 0.5) is 0 Å². The molecule has 80 valence electrons. The largest absolute Gasteiger partial charge is 0.273 e. The van der Waals surface area contributed by atoms with E-state index >= 15 is 0 Å². The maximum absolute atomic E-state index is 11.2. The van der Waals surface area contributed by atoms with Crippen LogP contribution in [0.2, 0.25) is 0 Å². The van der Waals surface area contributed by atoms with Crippen molar-refractivity contribution in [3.63, 3.8) is 0 Å². The fraction of sp³-hybridized carbons (Fsp3) is 0.417. The van der Waals surface area contributed by atoms with Crippen LogP contribution in [0.3, 0.4) is 0 Å². The zero-order valence-corrected chi connectivity index (χ0v) is 9.01. The molecule has 1 amide bonds. The highest BCUT2D eigenvalue weighted by Crippen LogP contribution is 2.32. The molecule has 1 aliphatic heterocycles. The van der Waals surface area contributed by atoms with E-state index < -0.39 is 0 Å². The van der Waals surface area contributed by atoms with E-state index in [-0.39, 0.29) is 18.1 Å². The highest BCUT2D eigenvalue weighted by Gasteiger charge is 2.32. The summed E-state index contributed by atoms with van der Waals surface area (Å²) in [7, 11) is 0. The molecule has 2 atom stereocenters. The Labute approximate surface area is 89.6 Å². The van der Waals surface area contributed by atoms with Gasteiger partial charge in [-0.2, -0.15) is 0 Å². The van der Waals surface area contributed by atoms with E-state index in [4.69, 9.17) is 4.84 Å². The monoisotopic (exact) mass is 205 g/mol. The van der Waals surface area contributed by atoms with Gasteiger partial charge in [-0.25, -0.2) is 5.06 Å².